The molecular weight excluding hydrogens is 334 g/mol. The van der Waals surface area contributed by atoms with Crippen LogP contribution in [0, 0.1) is 30.6 Å². The minimum absolute atomic E-state index is 0.0319. The van der Waals surface area contributed by atoms with E-state index in [4.69, 9.17) is 4.74 Å². The second-order valence-electron chi connectivity index (χ2n) is 6.32. The molecule has 2 saturated carbocycles. The average Bonchev–Trinajstić information content (AvgIpc) is 3.02. The standard InChI is InChI=1S/C16H16BrNO3/c1-7-3-2-4-8(5-7)18-15(19)11-9-6-10-12(11)16(20)21-14(10)13(9)17/h2-5,9-14H,6H2,1H3,(H,18,19)/t9-,10+,11-,12-,13+,14-/m0/s1. The molecule has 4 nitrogen and oxygen atoms in total. The summed E-state index contributed by atoms with van der Waals surface area (Å²) in [5, 5.41) is 2.97. The smallest absolute Gasteiger partial charge is 0.310 e. The van der Waals surface area contributed by atoms with Gasteiger partial charge < -0.3 is 10.1 Å². The number of esters is 1. The molecule has 1 heterocycles. The fourth-order valence-electron chi connectivity index (χ4n) is 4.28. The van der Waals surface area contributed by atoms with Gasteiger partial charge >= 0.3 is 5.97 Å². The van der Waals surface area contributed by atoms with E-state index in [1.807, 2.05) is 31.2 Å². The van der Waals surface area contributed by atoms with Crippen molar-refractivity contribution in [2.24, 2.45) is 23.7 Å². The molecule has 2 aliphatic carbocycles. The number of carbonyl (C=O) groups excluding carboxylic acids is 2. The van der Waals surface area contributed by atoms with Gasteiger partial charge in [0.15, 0.2) is 0 Å². The lowest BCUT2D eigenvalue weighted by molar-refractivity contribution is -0.145. The lowest BCUT2D eigenvalue weighted by atomic mass is 9.79. The Labute approximate surface area is 131 Å². The quantitative estimate of drug-likeness (QED) is 0.659. The number of ether oxygens (including phenoxy) is 1. The van der Waals surface area contributed by atoms with Gasteiger partial charge in [-0.3, -0.25) is 9.59 Å². The highest BCUT2D eigenvalue weighted by Gasteiger charge is 2.67. The number of aryl methyl sites for hydroxylation is 1. The number of benzene rings is 1. The van der Waals surface area contributed by atoms with Crippen molar-refractivity contribution in [3.05, 3.63) is 29.8 Å². The van der Waals surface area contributed by atoms with Gasteiger partial charge in [-0.15, -0.1) is 0 Å². The largest absolute Gasteiger partial charge is 0.461 e. The van der Waals surface area contributed by atoms with Crippen LogP contribution in [0.5, 0.6) is 0 Å². The van der Waals surface area contributed by atoms with E-state index >= 15 is 0 Å². The summed E-state index contributed by atoms with van der Waals surface area (Å²) in [5.74, 6) is -0.371. The molecule has 21 heavy (non-hydrogen) atoms. The van der Waals surface area contributed by atoms with E-state index in [2.05, 4.69) is 21.2 Å². The SMILES string of the molecule is Cc1cccc(NC(=O)[C@H]2[C@@H]3C[C@H]4[C@H](OC(=O)[C@@H]42)[C@@H]3Br)c1. The van der Waals surface area contributed by atoms with Crippen LogP contribution < -0.4 is 5.32 Å². The molecule has 1 aliphatic heterocycles. The minimum Gasteiger partial charge on any atom is -0.461 e. The molecule has 1 aromatic carbocycles. The minimum atomic E-state index is -0.272. The van der Waals surface area contributed by atoms with Gasteiger partial charge in [0.1, 0.15) is 6.10 Å². The van der Waals surface area contributed by atoms with E-state index in [0.717, 1.165) is 17.7 Å². The van der Waals surface area contributed by atoms with Crippen molar-refractivity contribution in [2.45, 2.75) is 24.3 Å². The number of alkyl halides is 1. The van der Waals surface area contributed by atoms with E-state index in [-0.39, 0.29) is 46.5 Å². The van der Waals surface area contributed by atoms with Crippen LogP contribution in [0.4, 0.5) is 5.69 Å². The van der Waals surface area contributed by atoms with Crippen LogP contribution in [-0.4, -0.2) is 22.8 Å². The number of hydrogen-bond acceptors (Lipinski definition) is 3. The lowest BCUT2D eigenvalue weighted by Crippen LogP contribution is -2.40. The predicted octanol–water partition coefficient (Wildman–Crippen LogP) is 2.50. The molecule has 1 N–H and O–H groups in total. The fraction of sp³-hybridized carbons (Fsp3) is 0.500. The van der Waals surface area contributed by atoms with Gasteiger partial charge in [0.25, 0.3) is 0 Å². The van der Waals surface area contributed by atoms with Crippen LogP contribution in [0.1, 0.15) is 12.0 Å². The Balaban J connectivity index is 1.59. The third kappa shape index (κ3) is 1.86. The molecule has 0 unspecified atom stereocenters. The van der Waals surface area contributed by atoms with Gasteiger partial charge in [0.2, 0.25) is 5.91 Å². The summed E-state index contributed by atoms with van der Waals surface area (Å²) >= 11 is 3.62. The first-order valence-corrected chi connectivity index (χ1v) is 8.20. The maximum absolute atomic E-state index is 12.7. The molecule has 5 heteroatoms. The number of amides is 1. The van der Waals surface area contributed by atoms with E-state index in [1.165, 1.54) is 0 Å². The van der Waals surface area contributed by atoms with Gasteiger partial charge in [-0.2, -0.15) is 0 Å². The highest BCUT2D eigenvalue weighted by atomic mass is 79.9. The molecule has 1 aromatic rings. The zero-order valence-electron chi connectivity index (χ0n) is 11.6. The maximum Gasteiger partial charge on any atom is 0.310 e. The summed E-state index contributed by atoms with van der Waals surface area (Å²) in [4.78, 5) is 24.8. The molecule has 4 rings (SSSR count). The van der Waals surface area contributed by atoms with Crippen LogP contribution in [-0.2, 0) is 14.3 Å². The molecule has 0 aromatic heterocycles. The fourth-order valence-corrected chi connectivity index (χ4v) is 5.32. The number of fused-ring (bicyclic) bond motifs is 1. The zero-order valence-corrected chi connectivity index (χ0v) is 13.2. The summed E-state index contributed by atoms with van der Waals surface area (Å²) < 4.78 is 5.44. The Hall–Kier alpha value is -1.36. The van der Waals surface area contributed by atoms with Crippen molar-refractivity contribution in [2.75, 3.05) is 5.32 Å². The molecule has 6 atom stereocenters. The number of halogens is 1. The number of nitrogens with one attached hydrogen (secondary N) is 1. The molecule has 3 fully saturated rings. The summed E-state index contributed by atoms with van der Waals surface area (Å²) in [6.45, 7) is 1.99. The van der Waals surface area contributed by atoms with E-state index in [0.29, 0.717) is 0 Å². The Morgan fingerprint density at radius 1 is 1.38 bits per heavy atom. The molecule has 0 spiro atoms. The molecule has 0 radical (unpaired) electrons. The third-order valence-electron chi connectivity index (χ3n) is 5.11. The molecular formula is C16H16BrNO3. The average molecular weight is 350 g/mol. The molecule has 2 bridgehead atoms. The second kappa shape index (κ2) is 4.57. The summed E-state index contributed by atoms with van der Waals surface area (Å²) in [5.41, 5.74) is 1.89. The molecule has 3 aliphatic rings. The first kappa shape index (κ1) is 13.3. The Morgan fingerprint density at radius 3 is 2.95 bits per heavy atom. The van der Waals surface area contributed by atoms with E-state index in [9.17, 15) is 9.59 Å². The summed E-state index contributed by atoms with van der Waals surface area (Å²) in [6.07, 6.45) is 0.874. The van der Waals surface area contributed by atoms with Gasteiger partial charge in [0, 0.05) is 11.6 Å². The maximum atomic E-state index is 12.7. The number of anilines is 1. The van der Waals surface area contributed by atoms with Crippen molar-refractivity contribution < 1.29 is 14.3 Å². The van der Waals surface area contributed by atoms with Gasteiger partial charge in [0.05, 0.1) is 16.7 Å². The highest BCUT2D eigenvalue weighted by molar-refractivity contribution is 9.09. The normalized spacial score (nSPS) is 39.4. The van der Waals surface area contributed by atoms with Crippen molar-refractivity contribution in [3.63, 3.8) is 0 Å². The van der Waals surface area contributed by atoms with Crippen LogP contribution in [0.25, 0.3) is 0 Å². The number of rotatable bonds is 2. The van der Waals surface area contributed by atoms with Gasteiger partial charge in [-0.25, -0.2) is 0 Å². The van der Waals surface area contributed by atoms with Gasteiger partial charge in [-0.1, -0.05) is 28.1 Å². The van der Waals surface area contributed by atoms with Crippen molar-refractivity contribution in [1.29, 1.82) is 0 Å². The lowest BCUT2D eigenvalue weighted by Gasteiger charge is -2.27. The van der Waals surface area contributed by atoms with E-state index < -0.39 is 0 Å². The highest BCUT2D eigenvalue weighted by Crippen LogP contribution is 2.60. The predicted molar refractivity (Wildman–Crippen MR) is 81.0 cm³/mol. The van der Waals surface area contributed by atoms with Crippen molar-refractivity contribution in [3.8, 4) is 0 Å². The van der Waals surface area contributed by atoms with Crippen molar-refractivity contribution in [1.82, 2.24) is 0 Å². The topological polar surface area (TPSA) is 55.4 Å². The summed E-state index contributed by atoms with van der Waals surface area (Å²) in [6, 6.07) is 7.71. The Morgan fingerprint density at radius 2 is 2.19 bits per heavy atom. The van der Waals surface area contributed by atoms with Crippen molar-refractivity contribution >= 4 is 33.5 Å². The first-order valence-electron chi connectivity index (χ1n) is 7.28. The van der Waals surface area contributed by atoms with Crippen LogP contribution in [0.2, 0.25) is 0 Å². The van der Waals surface area contributed by atoms with Crippen LogP contribution in [0.15, 0.2) is 24.3 Å². The Kier molecular flexibility index (Phi) is 2.89. The first-order chi connectivity index (χ1) is 10.1. The van der Waals surface area contributed by atoms with Gasteiger partial charge in [-0.05, 0) is 37.0 Å². The van der Waals surface area contributed by atoms with Crippen LogP contribution >= 0.6 is 15.9 Å². The number of hydrogen-bond donors (Lipinski definition) is 1. The Bertz CT molecular complexity index is 632. The molecule has 1 amide bonds. The van der Waals surface area contributed by atoms with E-state index in [1.54, 1.807) is 0 Å². The number of carbonyl (C=O) groups is 2. The second-order valence-corrected chi connectivity index (χ2v) is 7.38. The zero-order chi connectivity index (χ0) is 14.7. The van der Waals surface area contributed by atoms with Crippen LogP contribution in [0.3, 0.4) is 0 Å². The monoisotopic (exact) mass is 349 g/mol. The summed E-state index contributed by atoms with van der Waals surface area (Å²) in [7, 11) is 0. The molecule has 110 valence electrons. The third-order valence-corrected chi connectivity index (χ3v) is 6.31. The molecule has 1 saturated heterocycles.